The maximum atomic E-state index is 10.6. The quantitative estimate of drug-likeness (QED) is 0.365. The zero-order valence-corrected chi connectivity index (χ0v) is 14.0. The molecule has 0 unspecified atom stereocenters. The Morgan fingerprint density at radius 2 is 1.59 bits per heavy atom. The van der Waals surface area contributed by atoms with E-state index < -0.39 is 39.1 Å². The largest absolute Gasteiger partial charge is 1.00 e. The van der Waals surface area contributed by atoms with Crippen LogP contribution in [0.5, 0.6) is 0 Å². The predicted molar refractivity (Wildman–Crippen MR) is 44.7 cm³/mol. The first-order valence-corrected chi connectivity index (χ1v) is 4.80. The molecule has 0 aromatic carbocycles. The monoisotopic (exact) mass is 274 g/mol. The molecule has 0 aromatic heterocycles. The minimum Gasteiger partial charge on any atom is -0.545 e. The number of rotatable bonds is 2. The van der Waals surface area contributed by atoms with Crippen molar-refractivity contribution in [1.29, 1.82) is 0 Å². The Kier molecular flexibility index (Phi) is 9.44. The van der Waals surface area contributed by atoms with Gasteiger partial charge in [0.2, 0.25) is 10.3 Å². The molecule has 0 heterocycles. The van der Waals surface area contributed by atoms with Gasteiger partial charge < -0.3 is 19.8 Å². The summed E-state index contributed by atoms with van der Waals surface area (Å²) in [6.07, 6.45) is 1.35. The maximum Gasteiger partial charge on any atom is 1.00 e. The van der Waals surface area contributed by atoms with Crippen molar-refractivity contribution in [3.05, 3.63) is 23.3 Å². The van der Waals surface area contributed by atoms with Gasteiger partial charge in [0.05, 0.1) is 16.8 Å². The number of aliphatic carboxylic acids is 2. The van der Waals surface area contributed by atoms with Gasteiger partial charge in [-0.2, -0.15) is 8.42 Å². The van der Waals surface area contributed by atoms with Gasteiger partial charge in [0, 0.05) is 12.0 Å². The van der Waals surface area contributed by atoms with E-state index in [-0.39, 0.29) is 64.7 Å². The second kappa shape index (κ2) is 8.25. The molecule has 0 amide bonds. The normalized spacial score (nSPS) is 13.5. The van der Waals surface area contributed by atoms with E-state index in [0.717, 1.165) is 12.2 Å². The number of carbonyl (C=O) groups is 2. The number of carboxylic acid groups (broad SMARTS) is 2. The van der Waals surface area contributed by atoms with Crippen molar-refractivity contribution in [2.75, 3.05) is 0 Å². The van der Waals surface area contributed by atoms with Crippen LogP contribution in [0.3, 0.4) is 0 Å². The van der Waals surface area contributed by atoms with Crippen LogP contribution in [0.2, 0.25) is 0 Å². The van der Waals surface area contributed by atoms with Crippen LogP contribution in [0.25, 0.3) is 0 Å². The van der Waals surface area contributed by atoms with Crippen LogP contribution in [0.15, 0.2) is 23.3 Å². The van der Waals surface area contributed by atoms with Crippen molar-refractivity contribution in [2.45, 2.75) is 6.42 Å². The van der Waals surface area contributed by atoms with Crippen LogP contribution in [0, 0.1) is 0 Å². The average molecular weight is 274 g/mol. The van der Waals surface area contributed by atoms with Gasteiger partial charge >= 0.3 is 59.1 Å². The summed E-state index contributed by atoms with van der Waals surface area (Å²) in [5.41, 5.74) is -0.826. The minimum atomic E-state index is -2.79. The summed E-state index contributed by atoms with van der Waals surface area (Å²) in [6, 6.07) is 0. The summed E-state index contributed by atoms with van der Waals surface area (Å²) < 4.78 is 21.3. The van der Waals surface area contributed by atoms with E-state index in [1.807, 2.05) is 0 Å². The predicted octanol–water partition coefficient (Wildman–Crippen LogP) is -9.20. The van der Waals surface area contributed by atoms with Gasteiger partial charge in [0.1, 0.15) is 0 Å². The van der Waals surface area contributed by atoms with Crippen LogP contribution >= 0.6 is 0 Å². The summed E-state index contributed by atoms with van der Waals surface area (Å²) in [4.78, 5) is 20.4. The molecule has 9 heteroatoms. The zero-order valence-electron chi connectivity index (χ0n) is 9.22. The van der Waals surface area contributed by atoms with E-state index in [4.69, 9.17) is 0 Å². The molecule has 1 aliphatic carbocycles. The molecular formula is C8H4Na2O6S. The average Bonchev–Trinajstić information content (AvgIpc) is 2.16. The molecule has 0 fully saturated rings. The van der Waals surface area contributed by atoms with Crippen molar-refractivity contribution in [1.82, 2.24) is 0 Å². The molecule has 0 atom stereocenters. The van der Waals surface area contributed by atoms with E-state index in [0.29, 0.717) is 0 Å². The first kappa shape index (κ1) is 19.4. The summed E-state index contributed by atoms with van der Waals surface area (Å²) in [7, 11) is -2.79. The molecule has 0 spiro atoms. The fourth-order valence-electron chi connectivity index (χ4n) is 1.07. The standard InChI is InChI=1S/C8H6O6S.2Na/c9-7(10)4-1-2-5(8(11)12)6(3-4)15(13)14;;/h1-2H,3H2,(H,9,10)(H,11,12);;/q;2*+1/p-2. The molecule has 0 saturated heterocycles. The Bertz CT molecular complexity index is 520. The van der Waals surface area contributed by atoms with Crippen molar-refractivity contribution in [3.8, 4) is 0 Å². The summed E-state index contributed by atoms with van der Waals surface area (Å²) in [5, 5.41) is 20.9. The van der Waals surface area contributed by atoms with Crippen molar-refractivity contribution < 1.29 is 87.3 Å². The molecule has 80 valence electrons. The van der Waals surface area contributed by atoms with Crippen LogP contribution in [0.1, 0.15) is 6.42 Å². The van der Waals surface area contributed by atoms with Crippen molar-refractivity contribution in [2.24, 2.45) is 0 Å². The smallest absolute Gasteiger partial charge is 0.545 e. The third kappa shape index (κ3) is 5.09. The van der Waals surface area contributed by atoms with E-state index >= 15 is 0 Å². The number of hydrogen-bond donors (Lipinski definition) is 0. The number of allylic oxidation sites excluding steroid dienone is 2. The molecule has 0 saturated carbocycles. The van der Waals surface area contributed by atoms with Gasteiger partial charge in [0.15, 0.2) is 0 Å². The first-order chi connectivity index (χ1) is 6.93. The Hall–Kier alpha value is 0.110. The molecule has 0 radical (unpaired) electrons. The number of hydrogen-bond acceptors (Lipinski definition) is 6. The van der Waals surface area contributed by atoms with E-state index in [9.17, 15) is 28.2 Å². The maximum absolute atomic E-state index is 10.6. The van der Waals surface area contributed by atoms with E-state index in [1.165, 1.54) is 0 Å². The third-order valence-corrected chi connectivity index (χ3v) is 2.55. The Morgan fingerprint density at radius 3 is 1.94 bits per heavy atom. The van der Waals surface area contributed by atoms with E-state index in [1.54, 1.807) is 0 Å². The van der Waals surface area contributed by atoms with Gasteiger partial charge in [-0.3, -0.25) is 0 Å². The van der Waals surface area contributed by atoms with Gasteiger partial charge in [-0.15, -0.1) is 0 Å². The molecule has 0 aliphatic heterocycles. The topological polar surface area (TPSA) is 114 Å². The molecule has 1 aliphatic rings. The van der Waals surface area contributed by atoms with Crippen LogP contribution in [-0.2, 0) is 19.9 Å². The molecule has 0 bridgehead atoms. The molecule has 0 N–H and O–H groups in total. The zero-order chi connectivity index (χ0) is 11.6. The summed E-state index contributed by atoms with van der Waals surface area (Å²) >= 11 is 0. The molecule has 1 rings (SSSR count). The summed E-state index contributed by atoms with van der Waals surface area (Å²) in [5.74, 6) is -3.20. The van der Waals surface area contributed by atoms with Crippen LogP contribution in [0.4, 0.5) is 0 Å². The van der Waals surface area contributed by atoms with Gasteiger partial charge in [-0.25, -0.2) is 0 Å². The fraction of sp³-hybridized carbons (Fsp3) is 0.125. The third-order valence-electron chi connectivity index (χ3n) is 1.79. The Labute approximate surface area is 143 Å². The molecule has 6 nitrogen and oxygen atoms in total. The molecule has 0 aromatic rings. The number of carbonyl (C=O) groups excluding carboxylic acids is 2. The van der Waals surface area contributed by atoms with E-state index in [2.05, 4.69) is 0 Å². The SMILES string of the molecule is O=C([O-])C1=CC=C(C(=O)[O-])C(=S(=O)=O)C1.[Na+].[Na+]. The van der Waals surface area contributed by atoms with Crippen molar-refractivity contribution in [3.63, 3.8) is 0 Å². The minimum absolute atomic E-state index is 0. The van der Waals surface area contributed by atoms with Crippen molar-refractivity contribution >= 4 is 27.1 Å². The van der Waals surface area contributed by atoms with Crippen LogP contribution < -0.4 is 69.3 Å². The molecule has 17 heavy (non-hydrogen) atoms. The van der Waals surface area contributed by atoms with Crippen LogP contribution in [-0.4, -0.2) is 25.2 Å². The van der Waals surface area contributed by atoms with Gasteiger partial charge in [-0.1, -0.05) is 12.2 Å². The molecular weight excluding hydrogens is 270 g/mol. The Balaban J connectivity index is 0. The first-order valence-electron chi connectivity index (χ1n) is 3.72. The fourth-order valence-corrected chi connectivity index (χ4v) is 1.68. The van der Waals surface area contributed by atoms with Gasteiger partial charge in [0.25, 0.3) is 0 Å². The van der Waals surface area contributed by atoms with Gasteiger partial charge in [-0.05, 0) is 5.57 Å². The second-order valence-corrected chi connectivity index (χ2v) is 3.64. The second-order valence-electron chi connectivity index (χ2n) is 2.68. The summed E-state index contributed by atoms with van der Waals surface area (Å²) in [6.45, 7) is 0. The Morgan fingerprint density at radius 1 is 1.06 bits per heavy atom. The number of carboxylic acids is 2.